The van der Waals surface area contributed by atoms with Gasteiger partial charge in [-0.1, -0.05) is 26.0 Å². The molecule has 5 nitrogen and oxygen atoms in total. The average molecular weight is 371 g/mol. The third-order valence-corrected chi connectivity index (χ3v) is 3.50. The second-order valence-electron chi connectivity index (χ2n) is 5.09. The lowest BCUT2D eigenvalue weighted by Crippen LogP contribution is -2.22. The van der Waals surface area contributed by atoms with Gasteiger partial charge in [0.2, 0.25) is 0 Å². The Morgan fingerprint density at radius 3 is 2.46 bits per heavy atom. The maximum absolute atomic E-state index is 12.1. The first-order chi connectivity index (χ1) is 10.6. The number of anilines is 2. The number of hydrogen-bond acceptors (Lipinski definition) is 4. The van der Waals surface area contributed by atoms with Crippen LogP contribution in [0.3, 0.4) is 0 Å². The summed E-state index contributed by atoms with van der Waals surface area (Å²) >= 11 is 0. The highest BCUT2D eigenvalue weighted by atomic mass is 35.5. The van der Waals surface area contributed by atoms with Crippen molar-refractivity contribution in [2.45, 2.75) is 20.4 Å². The SMILES string of the molecule is CCN(CC)Cc1cccc(NC(=O)c2ccc(N)cn2)c1.Cl.Cl. The van der Waals surface area contributed by atoms with E-state index in [4.69, 9.17) is 5.73 Å². The number of nitrogens with one attached hydrogen (secondary N) is 1. The zero-order chi connectivity index (χ0) is 15.9. The zero-order valence-corrected chi connectivity index (χ0v) is 15.5. The maximum atomic E-state index is 12.1. The Labute approximate surface area is 155 Å². The Morgan fingerprint density at radius 1 is 1.17 bits per heavy atom. The summed E-state index contributed by atoms with van der Waals surface area (Å²) in [6.45, 7) is 7.16. The third kappa shape index (κ3) is 6.35. The molecule has 1 heterocycles. The summed E-state index contributed by atoms with van der Waals surface area (Å²) in [6, 6.07) is 11.2. The van der Waals surface area contributed by atoms with Crippen LogP contribution in [0.4, 0.5) is 11.4 Å². The molecule has 2 aromatic rings. The van der Waals surface area contributed by atoms with Crippen LogP contribution in [-0.2, 0) is 6.54 Å². The largest absolute Gasteiger partial charge is 0.397 e. The molecule has 2 rings (SSSR count). The molecule has 1 amide bonds. The van der Waals surface area contributed by atoms with Gasteiger partial charge in [0.25, 0.3) is 5.91 Å². The molecular formula is C17H24Cl2N4O. The molecule has 132 valence electrons. The molecule has 0 aliphatic heterocycles. The van der Waals surface area contributed by atoms with Crippen molar-refractivity contribution >= 4 is 42.1 Å². The minimum atomic E-state index is -0.236. The molecule has 0 radical (unpaired) electrons. The van der Waals surface area contributed by atoms with Gasteiger partial charge in [0.1, 0.15) is 5.69 Å². The number of pyridine rings is 1. The molecule has 0 spiro atoms. The van der Waals surface area contributed by atoms with Crippen LogP contribution in [0, 0.1) is 0 Å². The summed E-state index contributed by atoms with van der Waals surface area (Å²) in [4.78, 5) is 18.5. The van der Waals surface area contributed by atoms with Crippen LogP contribution < -0.4 is 11.1 Å². The van der Waals surface area contributed by atoms with Gasteiger partial charge in [0, 0.05) is 12.2 Å². The number of halogens is 2. The Hall–Kier alpha value is -1.82. The summed E-state index contributed by atoms with van der Waals surface area (Å²) in [7, 11) is 0. The van der Waals surface area contributed by atoms with E-state index >= 15 is 0 Å². The van der Waals surface area contributed by atoms with Crippen LogP contribution in [0.15, 0.2) is 42.6 Å². The number of nitrogen functional groups attached to an aromatic ring is 1. The number of benzene rings is 1. The molecule has 0 aliphatic rings. The van der Waals surface area contributed by atoms with Crippen molar-refractivity contribution in [2.75, 3.05) is 24.1 Å². The smallest absolute Gasteiger partial charge is 0.274 e. The second kappa shape index (κ2) is 10.9. The highest BCUT2D eigenvalue weighted by Gasteiger charge is 2.08. The Bertz CT molecular complexity index is 631. The minimum Gasteiger partial charge on any atom is -0.397 e. The van der Waals surface area contributed by atoms with E-state index in [1.54, 1.807) is 12.1 Å². The van der Waals surface area contributed by atoms with Crippen LogP contribution in [0.2, 0.25) is 0 Å². The molecule has 0 aliphatic carbocycles. The maximum Gasteiger partial charge on any atom is 0.274 e. The van der Waals surface area contributed by atoms with E-state index < -0.39 is 0 Å². The van der Waals surface area contributed by atoms with Gasteiger partial charge < -0.3 is 11.1 Å². The van der Waals surface area contributed by atoms with Gasteiger partial charge in [-0.3, -0.25) is 9.69 Å². The molecule has 0 saturated heterocycles. The molecule has 0 atom stereocenters. The lowest BCUT2D eigenvalue weighted by molar-refractivity contribution is 0.102. The van der Waals surface area contributed by atoms with Crippen molar-refractivity contribution in [3.63, 3.8) is 0 Å². The molecule has 0 saturated carbocycles. The van der Waals surface area contributed by atoms with Crippen LogP contribution in [0.1, 0.15) is 29.9 Å². The van der Waals surface area contributed by atoms with Crippen molar-refractivity contribution < 1.29 is 4.79 Å². The number of amides is 1. The summed E-state index contributed by atoms with van der Waals surface area (Å²) in [5, 5.41) is 2.87. The first-order valence-corrected chi connectivity index (χ1v) is 7.46. The highest BCUT2D eigenvalue weighted by Crippen LogP contribution is 2.14. The van der Waals surface area contributed by atoms with Crippen molar-refractivity contribution in [1.82, 2.24) is 9.88 Å². The van der Waals surface area contributed by atoms with Gasteiger partial charge in [-0.05, 0) is 42.9 Å². The van der Waals surface area contributed by atoms with Crippen LogP contribution >= 0.6 is 24.8 Å². The molecule has 0 fully saturated rings. The zero-order valence-electron chi connectivity index (χ0n) is 13.9. The van der Waals surface area contributed by atoms with Gasteiger partial charge in [-0.2, -0.15) is 0 Å². The van der Waals surface area contributed by atoms with Crippen molar-refractivity contribution in [3.05, 3.63) is 53.9 Å². The molecule has 0 bridgehead atoms. The molecule has 1 aromatic carbocycles. The molecule has 3 N–H and O–H groups in total. The predicted octanol–water partition coefficient (Wildman–Crippen LogP) is 3.60. The Balaban J connectivity index is 0.00000264. The number of nitrogens with zero attached hydrogens (tertiary/aromatic N) is 2. The van der Waals surface area contributed by atoms with Crippen LogP contribution in [0.5, 0.6) is 0 Å². The molecular weight excluding hydrogens is 347 g/mol. The quantitative estimate of drug-likeness (QED) is 0.814. The van der Waals surface area contributed by atoms with Crippen molar-refractivity contribution in [3.8, 4) is 0 Å². The van der Waals surface area contributed by atoms with E-state index in [2.05, 4.69) is 35.1 Å². The minimum absolute atomic E-state index is 0. The van der Waals surface area contributed by atoms with Crippen LogP contribution in [0.25, 0.3) is 0 Å². The number of carbonyl (C=O) groups excluding carboxylic acids is 1. The first-order valence-electron chi connectivity index (χ1n) is 7.46. The van der Waals surface area contributed by atoms with Crippen LogP contribution in [-0.4, -0.2) is 28.9 Å². The fraction of sp³-hybridized carbons (Fsp3) is 0.294. The molecule has 24 heavy (non-hydrogen) atoms. The summed E-state index contributed by atoms with van der Waals surface area (Å²) in [5.74, 6) is -0.236. The number of hydrogen-bond donors (Lipinski definition) is 2. The topological polar surface area (TPSA) is 71.2 Å². The normalized spacial score (nSPS) is 9.79. The first kappa shape index (κ1) is 22.2. The Morgan fingerprint density at radius 2 is 1.88 bits per heavy atom. The predicted molar refractivity (Wildman–Crippen MR) is 104 cm³/mol. The number of rotatable bonds is 6. The van der Waals surface area contributed by atoms with E-state index in [0.717, 1.165) is 25.3 Å². The average Bonchev–Trinajstić information content (AvgIpc) is 2.53. The third-order valence-electron chi connectivity index (χ3n) is 3.50. The summed E-state index contributed by atoms with van der Waals surface area (Å²) in [6.07, 6.45) is 1.48. The molecule has 1 aromatic heterocycles. The van der Waals surface area contributed by atoms with Gasteiger partial charge in [0.05, 0.1) is 11.9 Å². The summed E-state index contributed by atoms with van der Waals surface area (Å²) < 4.78 is 0. The van der Waals surface area contributed by atoms with Gasteiger partial charge in [-0.15, -0.1) is 24.8 Å². The number of nitrogens with two attached hydrogens (primary N) is 1. The van der Waals surface area contributed by atoms with E-state index in [0.29, 0.717) is 11.4 Å². The molecule has 0 unspecified atom stereocenters. The lowest BCUT2D eigenvalue weighted by Gasteiger charge is -2.18. The van der Waals surface area contributed by atoms with E-state index in [9.17, 15) is 4.79 Å². The monoisotopic (exact) mass is 370 g/mol. The summed E-state index contributed by atoms with van der Waals surface area (Å²) in [5.41, 5.74) is 8.41. The standard InChI is InChI=1S/C17H22N4O.2ClH/c1-3-21(4-2)12-13-6-5-7-15(10-13)20-17(22)16-9-8-14(18)11-19-16;;/h5-11H,3-4,12,18H2,1-2H3,(H,20,22);2*1H. The lowest BCUT2D eigenvalue weighted by atomic mass is 10.2. The van der Waals surface area contributed by atoms with Gasteiger partial charge in [-0.25, -0.2) is 4.98 Å². The fourth-order valence-corrected chi connectivity index (χ4v) is 2.19. The number of carbonyl (C=O) groups is 1. The fourth-order valence-electron chi connectivity index (χ4n) is 2.19. The highest BCUT2D eigenvalue weighted by molar-refractivity contribution is 6.02. The van der Waals surface area contributed by atoms with E-state index in [1.165, 1.54) is 11.8 Å². The Kier molecular flexibility index (Phi) is 10.0. The van der Waals surface area contributed by atoms with E-state index in [-0.39, 0.29) is 30.7 Å². The molecule has 7 heteroatoms. The number of aromatic nitrogens is 1. The van der Waals surface area contributed by atoms with E-state index in [1.807, 2.05) is 18.2 Å². The van der Waals surface area contributed by atoms with Crippen molar-refractivity contribution in [2.24, 2.45) is 0 Å². The van der Waals surface area contributed by atoms with Crippen molar-refractivity contribution in [1.29, 1.82) is 0 Å². The van der Waals surface area contributed by atoms with Gasteiger partial charge >= 0.3 is 0 Å². The second-order valence-corrected chi connectivity index (χ2v) is 5.09. The van der Waals surface area contributed by atoms with Gasteiger partial charge in [0.15, 0.2) is 0 Å².